The third-order valence-corrected chi connectivity index (χ3v) is 12.2. The summed E-state index contributed by atoms with van der Waals surface area (Å²) in [4.78, 5) is 22.7. The van der Waals surface area contributed by atoms with Crippen molar-refractivity contribution in [2.45, 2.75) is 14.7 Å². The average molecular weight is 906 g/mol. The molecule has 314 valence electrons. The zero-order valence-corrected chi connectivity index (χ0v) is 33.4. The van der Waals surface area contributed by atoms with Crippen molar-refractivity contribution in [2.75, 3.05) is 30.8 Å². The molecule has 26 heteroatoms. The highest BCUT2D eigenvalue weighted by Crippen LogP contribution is 2.38. The van der Waals surface area contributed by atoms with E-state index in [2.05, 4.69) is 21.1 Å². The lowest BCUT2D eigenvalue weighted by molar-refractivity contribution is 0.105. The number of hydrazone groups is 2. The molecule has 0 saturated carbocycles. The van der Waals surface area contributed by atoms with E-state index in [1.807, 2.05) is 0 Å². The number of nitrogens with zero attached hydrogens (tertiary/aromatic N) is 2. The molecule has 0 saturated heterocycles. The molecule has 2 aliphatic carbocycles. The van der Waals surface area contributed by atoms with Crippen molar-refractivity contribution in [3.05, 3.63) is 87.8 Å². The number of aromatic hydroxyl groups is 1. The molecular weight excluding hydrogens is 879 g/mol. The molecule has 0 aliphatic heterocycles. The summed E-state index contributed by atoms with van der Waals surface area (Å²) in [6, 6.07) is 10.8. The number of nitrogens with two attached hydrogens (primary N) is 1. The minimum Gasteiger partial charge on any atom is -0.507 e. The number of ketones is 2. The number of nitrogens with one attached hydrogen (secondary N) is 2. The Hall–Kier alpha value is -6.52. The monoisotopic (exact) mass is 905 g/mol. The normalized spacial score (nSPS) is 15.7. The topological polar surface area (TPSA) is 365 Å². The van der Waals surface area contributed by atoms with Crippen LogP contribution in [0, 0.1) is 0 Å². The number of carbonyl (C=O) groups is 2. The predicted octanol–water partition coefficient (Wildman–Crippen LogP) is 2.97. The van der Waals surface area contributed by atoms with Crippen molar-refractivity contribution in [1.82, 2.24) is 0 Å². The molecule has 9 N–H and O–H groups in total. The van der Waals surface area contributed by atoms with Crippen molar-refractivity contribution in [3.8, 4) is 28.4 Å². The Bertz CT molecular complexity index is 3180. The number of Topliss-reactive ketones (excluding diaryl/α,β-unsaturated/α-hetero) is 2. The number of ether oxygens (including phenoxy) is 2. The highest BCUT2D eigenvalue weighted by molar-refractivity contribution is 7.91. The van der Waals surface area contributed by atoms with Gasteiger partial charge in [-0.1, -0.05) is 18.2 Å². The fraction of sp³-hybridized carbons (Fsp3) is 0.0588. The van der Waals surface area contributed by atoms with Gasteiger partial charge in [0, 0.05) is 11.6 Å². The maximum absolute atomic E-state index is 13.4. The minimum absolute atomic E-state index is 0.0638. The van der Waals surface area contributed by atoms with Gasteiger partial charge in [0.2, 0.25) is 11.6 Å². The first-order valence-electron chi connectivity index (χ1n) is 16.1. The van der Waals surface area contributed by atoms with Gasteiger partial charge in [0.15, 0.2) is 5.71 Å². The molecule has 0 amide bonds. The smallest absolute Gasteiger partial charge is 0.296 e. The highest BCUT2D eigenvalue weighted by atomic mass is 32.2. The molecule has 0 atom stereocenters. The van der Waals surface area contributed by atoms with E-state index in [0.717, 1.165) is 12.2 Å². The molecule has 22 nitrogen and oxygen atoms in total. The van der Waals surface area contributed by atoms with Crippen LogP contribution in [0.2, 0.25) is 0 Å². The Labute approximate surface area is 339 Å². The molecule has 0 bridgehead atoms. The number of anilines is 3. The number of benzene rings is 4. The lowest BCUT2D eigenvalue weighted by Crippen LogP contribution is -2.27. The van der Waals surface area contributed by atoms with Crippen LogP contribution in [0.3, 0.4) is 0 Å². The van der Waals surface area contributed by atoms with Crippen LogP contribution in [0.4, 0.5) is 17.1 Å². The Balaban J connectivity index is 1.29. The summed E-state index contributed by atoms with van der Waals surface area (Å²) in [5.74, 6) is -2.99. The van der Waals surface area contributed by atoms with Gasteiger partial charge >= 0.3 is 0 Å². The van der Waals surface area contributed by atoms with Gasteiger partial charge in [0.1, 0.15) is 37.7 Å². The molecule has 0 heterocycles. The third kappa shape index (κ3) is 8.20. The van der Waals surface area contributed by atoms with Crippen molar-refractivity contribution >= 4 is 92.7 Å². The molecule has 0 unspecified atom stereocenters. The lowest BCUT2D eigenvalue weighted by atomic mass is 9.93. The number of carbonyl (C=O) groups excluding carboxylic acids is 2. The minimum atomic E-state index is -5.19. The summed E-state index contributed by atoms with van der Waals surface area (Å²) in [6.07, 6.45) is 2.80. The van der Waals surface area contributed by atoms with Crippen LogP contribution in [-0.2, 0) is 40.5 Å². The molecule has 0 radical (unpaired) electrons. The van der Waals surface area contributed by atoms with E-state index in [0.29, 0.717) is 35.4 Å². The quantitative estimate of drug-likeness (QED) is 0.0609. The Morgan fingerprint density at radius 2 is 1.18 bits per heavy atom. The van der Waals surface area contributed by atoms with Crippen LogP contribution in [0.1, 0.15) is 31.8 Å². The Morgan fingerprint density at radius 3 is 1.68 bits per heavy atom. The van der Waals surface area contributed by atoms with Crippen molar-refractivity contribution in [1.29, 1.82) is 0 Å². The Morgan fingerprint density at radius 1 is 0.633 bits per heavy atom. The van der Waals surface area contributed by atoms with Crippen molar-refractivity contribution < 1.29 is 76.1 Å². The van der Waals surface area contributed by atoms with Gasteiger partial charge in [-0.05, 0) is 65.2 Å². The summed E-state index contributed by atoms with van der Waals surface area (Å²) in [7, 11) is -17.8. The molecule has 6 rings (SSSR count). The highest BCUT2D eigenvalue weighted by Gasteiger charge is 2.36. The second-order valence-corrected chi connectivity index (χ2v) is 18.0. The van der Waals surface area contributed by atoms with Crippen LogP contribution in [-0.4, -0.2) is 94.2 Å². The fourth-order valence-electron chi connectivity index (χ4n) is 5.99. The summed E-state index contributed by atoms with van der Waals surface area (Å²) < 4.78 is 145. The molecule has 0 aromatic heterocycles. The zero-order valence-electron chi connectivity index (χ0n) is 30.2. The maximum atomic E-state index is 13.4. The van der Waals surface area contributed by atoms with E-state index in [4.69, 9.17) is 15.2 Å². The molecule has 2 aliphatic rings. The molecule has 60 heavy (non-hydrogen) atoms. The molecule has 4 aromatic rings. The van der Waals surface area contributed by atoms with Crippen LogP contribution >= 0.6 is 0 Å². The first-order chi connectivity index (χ1) is 27.8. The largest absolute Gasteiger partial charge is 0.507 e. The van der Waals surface area contributed by atoms with E-state index in [-0.39, 0.29) is 22.9 Å². The van der Waals surface area contributed by atoms with Crippen molar-refractivity contribution in [3.63, 3.8) is 0 Å². The van der Waals surface area contributed by atoms with E-state index in [1.165, 1.54) is 38.5 Å². The van der Waals surface area contributed by atoms with Crippen LogP contribution in [0.15, 0.2) is 90.5 Å². The second-order valence-electron chi connectivity index (χ2n) is 12.4. The zero-order chi connectivity index (χ0) is 44.3. The molecule has 4 aromatic carbocycles. The number of phenolic OH excluding ortho intramolecular Hbond substituents is 1. The number of hydrogen-bond donors (Lipinski definition) is 8. The standard InChI is InChI=1S/C34H27N5O17S4/c1-55-24-10-15(3-6-20(24)36-38-22-8-5-19-26(58(46,47)48)14-27(59(49,50)51)31(35)30(19)33(22)41)16-4-7-21(25(11-16)56-2)37-39-32-28(60(52,53)54)12-17-9-18(57(43,44)45)13-23(40)29(17)34(32)42/h3-14,36-37,40H,35H2,1-2H3,(H,43,44,45)(H,46,47,48)(H,49,50,51)(H,52,53,54). The van der Waals surface area contributed by atoms with Crippen LogP contribution in [0.5, 0.6) is 17.2 Å². The van der Waals surface area contributed by atoms with Gasteiger partial charge in [0.05, 0.1) is 47.3 Å². The number of allylic oxidation sites excluding steroid dienone is 2. The van der Waals surface area contributed by atoms with E-state index >= 15 is 0 Å². The van der Waals surface area contributed by atoms with E-state index < -0.39 is 117 Å². The van der Waals surface area contributed by atoms with E-state index in [1.54, 1.807) is 12.1 Å². The van der Waals surface area contributed by atoms with Crippen LogP contribution in [0.25, 0.3) is 23.3 Å². The third-order valence-electron chi connectivity index (χ3n) is 8.74. The summed E-state index contributed by atoms with van der Waals surface area (Å²) in [6.45, 7) is 0. The number of fused-ring (bicyclic) bond motifs is 2. The summed E-state index contributed by atoms with van der Waals surface area (Å²) in [5.41, 5.74) is 7.98. The van der Waals surface area contributed by atoms with Gasteiger partial charge in [-0.2, -0.15) is 43.9 Å². The molecular formula is C34H27N5O17S4. The van der Waals surface area contributed by atoms with Crippen LogP contribution < -0.4 is 26.1 Å². The van der Waals surface area contributed by atoms with Gasteiger partial charge in [-0.15, -0.1) is 0 Å². The average Bonchev–Trinajstić information content (AvgIpc) is 3.15. The van der Waals surface area contributed by atoms with E-state index in [9.17, 15) is 66.6 Å². The molecule has 0 spiro atoms. The molecule has 0 fully saturated rings. The van der Waals surface area contributed by atoms with Gasteiger partial charge in [-0.25, -0.2) is 0 Å². The maximum Gasteiger partial charge on any atom is 0.296 e. The Kier molecular flexibility index (Phi) is 11.0. The fourth-order valence-corrected chi connectivity index (χ4v) is 8.63. The van der Waals surface area contributed by atoms with Crippen molar-refractivity contribution in [2.24, 2.45) is 10.2 Å². The summed E-state index contributed by atoms with van der Waals surface area (Å²) >= 11 is 0. The predicted molar refractivity (Wildman–Crippen MR) is 213 cm³/mol. The number of methoxy groups -OCH3 is 2. The van der Waals surface area contributed by atoms with Gasteiger partial charge < -0.3 is 20.3 Å². The first-order valence-corrected chi connectivity index (χ1v) is 21.9. The number of phenols is 1. The van der Waals surface area contributed by atoms with Gasteiger partial charge in [0.25, 0.3) is 40.5 Å². The number of hydrogen-bond acceptors (Lipinski definition) is 18. The second kappa shape index (κ2) is 15.3. The summed E-state index contributed by atoms with van der Waals surface area (Å²) in [5, 5.41) is 18.3. The SMILES string of the molecule is COc1cc(-c2ccc(NN=C3C(=O)c4c(O)cc(S(=O)(=O)O)cc4C=C3S(=O)(=O)O)c(OC)c2)ccc1NN=C1C=Cc2c(S(=O)(=O)O)cc(S(=O)(=O)O)c(N)c2C1=O. The first kappa shape index (κ1) is 43.1. The lowest BCUT2D eigenvalue weighted by Gasteiger charge is -2.18. The number of rotatable bonds is 11. The number of nitrogen functional groups attached to an aromatic ring is 1. The van der Waals surface area contributed by atoms with Gasteiger partial charge in [-0.3, -0.25) is 38.7 Å².